The van der Waals surface area contributed by atoms with Crippen molar-refractivity contribution in [2.45, 2.75) is 6.42 Å². The minimum absolute atomic E-state index is 0.950. The van der Waals surface area contributed by atoms with E-state index >= 15 is 0 Å². The molecule has 0 atom stereocenters. The van der Waals surface area contributed by atoms with Crippen LogP contribution < -0.4 is 0 Å². The molecule has 1 aliphatic carbocycles. The van der Waals surface area contributed by atoms with E-state index in [1.165, 1.54) is 0 Å². The predicted octanol–water partition coefficient (Wildman–Crippen LogP) is 1.97. The average Bonchev–Trinajstić information content (AvgIpc) is 1.94. The van der Waals surface area contributed by atoms with Gasteiger partial charge >= 0.3 is 0 Å². The highest BCUT2D eigenvalue weighted by molar-refractivity contribution is 7.80. The van der Waals surface area contributed by atoms with Crippen molar-refractivity contribution in [2.75, 3.05) is 0 Å². The monoisotopic (exact) mass is 136 g/mol. The first-order valence-corrected chi connectivity index (χ1v) is 2.89. The third kappa shape index (κ3) is 3.63. The van der Waals surface area contributed by atoms with Gasteiger partial charge in [0.1, 0.15) is 0 Å². The van der Waals surface area contributed by atoms with Crippen LogP contribution in [0.3, 0.4) is 0 Å². The normalized spacial score (nSPS) is 14.2. The molecule has 0 amide bonds. The smallest absolute Gasteiger partial charge is 0.0190 e. The van der Waals surface area contributed by atoms with Crippen LogP contribution in [0.4, 0.5) is 0 Å². The Morgan fingerprint density at radius 2 is 2.11 bits per heavy atom. The summed E-state index contributed by atoms with van der Waals surface area (Å²) in [5.74, 6) is 0. The molecule has 9 heavy (non-hydrogen) atoms. The number of allylic oxidation sites excluding steroid dienone is 4. The third-order valence-corrected chi connectivity index (χ3v) is 1.15. The second kappa shape index (κ2) is 5.20. The highest BCUT2D eigenvalue weighted by atomic mass is 32.1. The lowest BCUT2D eigenvalue weighted by Crippen LogP contribution is -1.86. The molecule has 0 unspecified atom stereocenters. The van der Waals surface area contributed by atoms with Crippen LogP contribution in [-0.4, -0.2) is 4.86 Å². The van der Waals surface area contributed by atoms with Crippen molar-refractivity contribution in [1.82, 2.24) is 0 Å². The van der Waals surface area contributed by atoms with Crippen LogP contribution in [0.2, 0.25) is 0 Å². The Kier molecular flexibility index (Phi) is 4.66. The SMILES string of the molecule is S=C1C=CC=CC1.[C-]#N. The summed E-state index contributed by atoms with van der Waals surface area (Å²) in [6.45, 7) is 4.75. The van der Waals surface area contributed by atoms with E-state index in [1.54, 1.807) is 0 Å². The van der Waals surface area contributed by atoms with E-state index in [-0.39, 0.29) is 0 Å². The summed E-state index contributed by atoms with van der Waals surface area (Å²) in [7, 11) is 0. The van der Waals surface area contributed by atoms with E-state index in [4.69, 9.17) is 24.1 Å². The molecular formula is C7H6NS-. The molecule has 0 spiro atoms. The molecule has 1 aliphatic rings. The van der Waals surface area contributed by atoms with E-state index in [0.717, 1.165) is 11.3 Å². The maximum atomic E-state index is 6.25. The van der Waals surface area contributed by atoms with E-state index in [0.29, 0.717) is 0 Å². The second-order valence-corrected chi connectivity index (χ2v) is 1.98. The molecular weight excluding hydrogens is 130 g/mol. The molecule has 0 saturated heterocycles. The van der Waals surface area contributed by atoms with Gasteiger partial charge in [-0.2, -0.15) is 0 Å². The van der Waals surface area contributed by atoms with Gasteiger partial charge in [0.05, 0.1) is 0 Å². The lowest BCUT2D eigenvalue weighted by molar-refractivity contribution is 1.50. The molecule has 1 rings (SSSR count). The van der Waals surface area contributed by atoms with Gasteiger partial charge in [-0.15, -0.1) is 0 Å². The topological polar surface area (TPSA) is 23.8 Å². The Bertz CT molecular complexity index is 165. The molecule has 0 fully saturated rings. The van der Waals surface area contributed by atoms with Crippen LogP contribution in [0.15, 0.2) is 24.3 Å². The summed E-state index contributed by atoms with van der Waals surface area (Å²) in [6, 6.07) is 0. The lowest BCUT2D eigenvalue weighted by atomic mass is 10.2. The first-order valence-electron chi connectivity index (χ1n) is 2.48. The molecule has 2 heteroatoms. The Balaban J connectivity index is 0.000000291. The van der Waals surface area contributed by atoms with Crippen molar-refractivity contribution in [3.05, 3.63) is 30.9 Å². The molecule has 0 aliphatic heterocycles. The summed E-state index contributed by atoms with van der Waals surface area (Å²) in [6.07, 6.45) is 8.94. The average molecular weight is 136 g/mol. The molecule has 0 aromatic rings. The molecule has 1 nitrogen and oxygen atoms in total. The molecule has 0 aromatic heterocycles. The first-order chi connectivity index (χ1) is 4.39. The van der Waals surface area contributed by atoms with Crippen molar-refractivity contribution < 1.29 is 0 Å². The van der Waals surface area contributed by atoms with Crippen molar-refractivity contribution in [1.29, 1.82) is 5.26 Å². The molecule has 0 N–H and O–H groups in total. The molecule has 46 valence electrons. The molecule has 0 heterocycles. The highest BCUT2D eigenvalue weighted by Crippen LogP contribution is 1.97. The molecule has 0 aromatic carbocycles. The van der Waals surface area contributed by atoms with Gasteiger partial charge in [-0.3, -0.25) is 0 Å². The van der Waals surface area contributed by atoms with Gasteiger partial charge in [-0.25, -0.2) is 0 Å². The zero-order valence-electron chi connectivity index (χ0n) is 4.87. The van der Waals surface area contributed by atoms with Crippen molar-refractivity contribution in [3.8, 4) is 0 Å². The van der Waals surface area contributed by atoms with Gasteiger partial charge in [0.2, 0.25) is 0 Å². The van der Waals surface area contributed by atoms with Crippen LogP contribution in [0.1, 0.15) is 6.42 Å². The van der Waals surface area contributed by atoms with Gasteiger partial charge in [0.25, 0.3) is 0 Å². The van der Waals surface area contributed by atoms with Crippen LogP contribution in [0.5, 0.6) is 0 Å². The van der Waals surface area contributed by atoms with Crippen LogP contribution in [0.25, 0.3) is 0 Å². The summed E-state index contributed by atoms with van der Waals surface area (Å²) in [5.41, 5.74) is 0. The number of hydrogen-bond donors (Lipinski definition) is 0. The maximum absolute atomic E-state index is 6.25. The van der Waals surface area contributed by atoms with E-state index in [2.05, 4.69) is 6.08 Å². The largest absolute Gasteiger partial charge is 0.512 e. The van der Waals surface area contributed by atoms with E-state index < -0.39 is 0 Å². The van der Waals surface area contributed by atoms with Crippen LogP contribution in [0, 0.1) is 11.8 Å². The summed E-state index contributed by atoms with van der Waals surface area (Å²) < 4.78 is 0. The Morgan fingerprint density at radius 3 is 2.33 bits per heavy atom. The summed E-state index contributed by atoms with van der Waals surface area (Å²) in [4.78, 5) is 1.03. The fourth-order valence-corrected chi connectivity index (χ4v) is 0.668. The van der Waals surface area contributed by atoms with Gasteiger partial charge in [0.15, 0.2) is 0 Å². The Morgan fingerprint density at radius 1 is 1.44 bits per heavy atom. The number of rotatable bonds is 0. The maximum Gasteiger partial charge on any atom is 0.0190 e. The number of nitrogens with zero attached hydrogens (tertiary/aromatic N) is 1. The Labute approximate surface area is 60.3 Å². The Hall–Kier alpha value is -0.940. The van der Waals surface area contributed by atoms with Crippen LogP contribution >= 0.6 is 12.2 Å². The van der Waals surface area contributed by atoms with Gasteiger partial charge < -0.3 is 11.8 Å². The van der Waals surface area contributed by atoms with Crippen molar-refractivity contribution >= 4 is 17.1 Å². The zero-order valence-corrected chi connectivity index (χ0v) is 5.69. The lowest BCUT2D eigenvalue weighted by Gasteiger charge is -1.92. The van der Waals surface area contributed by atoms with Crippen molar-refractivity contribution in [2.24, 2.45) is 0 Å². The highest BCUT2D eigenvalue weighted by Gasteiger charge is 1.87. The molecule has 0 saturated carbocycles. The summed E-state index contributed by atoms with van der Waals surface area (Å²) >= 11 is 4.87. The van der Waals surface area contributed by atoms with Gasteiger partial charge in [-0.1, -0.05) is 30.4 Å². The zero-order chi connectivity index (χ0) is 7.11. The number of thiocarbonyl (C=S) groups is 1. The first kappa shape index (κ1) is 8.06. The van der Waals surface area contributed by atoms with E-state index in [9.17, 15) is 0 Å². The van der Waals surface area contributed by atoms with Gasteiger partial charge in [0, 0.05) is 11.3 Å². The molecule has 0 radical (unpaired) electrons. The minimum Gasteiger partial charge on any atom is -0.512 e. The predicted molar refractivity (Wildman–Crippen MR) is 40.5 cm³/mol. The minimum atomic E-state index is 0.950. The fourth-order valence-electron chi connectivity index (χ4n) is 0.494. The van der Waals surface area contributed by atoms with Crippen LogP contribution in [-0.2, 0) is 0 Å². The third-order valence-electron chi connectivity index (χ3n) is 0.848. The quantitative estimate of drug-likeness (QED) is 0.375. The summed E-state index contributed by atoms with van der Waals surface area (Å²) in [5, 5.41) is 6.25. The molecule has 0 bridgehead atoms. The standard InChI is InChI=1S/C6H6S.CN/c7-6-4-2-1-3-5-6;1-2/h1-4H,5H2;/q;-1. The van der Waals surface area contributed by atoms with Gasteiger partial charge in [-0.05, 0) is 6.08 Å². The van der Waals surface area contributed by atoms with E-state index in [1.807, 2.05) is 18.2 Å². The fraction of sp³-hybridized carbons (Fsp3) is 0.143. The number of hydrogen-bond acceptors (Lipinski definition) is 2. The second-order valence-electron chi connectivity index (χ2n) is 1.46. The van der Waals surface area contributed by atoms with Crippen molar-refractivity contribution in [3.63, 3.8) is 0 Å².